The van der Waals surface area contributed by atoms with E-state index in [4.69, 9.17) is 5.73 Å². The predicted molar refractivity (Wildman–Crippen MR) is 78.1 cm³/mol. The minimum atomic E-state index is 0.0237. The fourth-order valence-corrected chi connectivity index (χ4v) is 2.72. The van der Waals surface area contributed by atoms with Crippen molar-refractivity contribution < 1.29 is 0 Å². The van der Waals surface area contributed by atoms with Gasteiger partial charge in [-0.3, -0.25) is 0 Å². The Hall–Kier alpha value is -1.13. The van der Waals surface area contributed by atoms with E-state index in [0.717, 1.165) is 21.4 Å². The molecule has 18 heavy (non-hydrogen) atoms. The Kier molecular flexibility index (Phi) is 3.59. The normalized spacial score (nSPS) is 12.8. The maximum Gasteiger partial charge on any atom is 0.0660 e. The van der Waals surface area contributed by atoms with Gasteiger partial charge in [0.2, 0.25) is 0 Å². The molecule has 96 valence electrons. The van der Waals surface area contributed by atoms with Crippen molar-refractivity contribution in [2.24, 2.45) is 5.73 Å². The Morgan fingerprint density at radius 1 is 1.28 bits per heavy atom. The fraction of sp³-hybridized carbons (Fsp3) is 0.357. The maximum absolute atomic E-state index is 5.91. The van der Waals surface area contributed by atoms with Gasteiger partial charge in [-0.15, -0.1) is 0 Å². The second kappa shape index (κ2) is 4.86. The molecule has 1 atom stereocenters. The molecule has 2 aromatic rings. The third-order valence-corrected chi connectivity index (χ3v) is 4.06. The molecule has 0 amide bonds. The Labute approximate surface area is 116 Å². The molecule has 0 aliphatic rings. The molecule has 0 saturated carbocycles. The highest BCUT2D eigenvalue weighted by Gasteiger charge is 2.11. The summed E-state index contributed by atoms with van der Waals surface area (Å²) < 4.78 is 3.00. The molecule has 2 rings (SSSR count). The van der Waals surface area contributed by atoms with Crippen molar-refractivity contribution in [1.82, 2.24) is 9.78 Å². The average molecular weight is 308 g/mol. The molecule has 0 aliphatic carbocycles. The van der Waals surface area contributed by atoms with Crippen LogP contribution in [0.25, 0.3) is 5.69 Å². The van der Waals surface area contributed by atoms with Gasteiger partial charge in [0.1, 0.15) is 0 Å². The molecule has 0 fully saturated rings. The van der Waals surface area contributed by atoms with Crippen LogP contribution in [0.4, 0.5) is 0 Å². The Morgan fingerprint density at radius 2 is 1.94 bits per heavy atom. The van der Waals surface area contributed by atoms with E-state index in [2.05, 4.69) is 53.1 Å². The SMILES string of the molecule is Cc1nn(-c2ccc([C@H](C)N)c(Br)c2)c(C)c1C. The molecule has 2 N–H and O–H groups in total. The second-order valence-corrected chi connectivity index (χ2v) is 5.56. The fourth-order valence-electron chi connectivity index (χ4n) is 1.99. The Balaban J connectivity index is 2.52. The molecule has 1 aromatic heterocycles. The number of hydrogen-bond donors (Lipinski definition) is 1. The minimum absolute atomic E-state index is 0.0237. The molecule has 0 saturated heterocycles. The summed E-state index contributed by atoms with van der Waals surface area (Å²) in [6, 6.07) is 6.20. The molecule has 1 aromatic carbocycles. The average Bonchev–Trinajstić information content (AvgIpc) is 2.56. The smallest absolute Gasteiger partial charge is 0.0660 e. The van der Waals surface area contributed by atoms with Gasteiger partial charge in [-0.2, -0.15) is 5.10 Å². The van der Waals surface area contributed by atoms with Crippen LogP contribution in [-0.2, 0) is 0 Å². The van der Waals surface area contributed by atoms with Crippen LogP contribution in [0.2, 0.25) is 0 Å². The first kappa shape index (κ1) is 13.3. The summed E-state index contributed by atoms with van der Waals surface area (Å²) >= 11 is 3.57. The standard InChI is InChI=1S/C14H18BrN3/c1-8-10(3)17-18(11(8)4)12-5-6-13(9(2)16)14(15)7-12/h5-7,9H,16H2,1-4H3/t9-/m0/s1. The summed E-state index contributed by atoms with van der Waals surface area (Å²) in [5, 5.41) is 4.56. The van der Waals surface area contributed by atoms with Gasteiger partial charge in [0, 0.05) is 16.2 Å². The van der Waals surface area contributed by atoms with Crippen LogP contribution in [0.3, 0.4) is 0 Å². The highest BCUT2D eigenvalue weighted by molar-refractivity contribution is 9.10. The van der Waals surface area contributed by atoms with E-state index in [9.17, 15) is 0 Å². The lowest BCUT2D eigenvalue weighted by atomic mass is 10.1. The van der Waals surface area contributed by atoms with Crippen molar-refractivity contribution in [2.75, 3.05) is 0 Å². The van der Waals surface area contributed by atoms with Gasteiger partial charge in [-0.25, -0.2) is 4.68 Å². The first-order valence-electron chi connectivity index (χ1n) is 6.00. The van der Waals surface area contributed by atoms with Crippen molar-refractivity contribution in [3.8, 4) is 5.69 Å². The second-order valence-electron chi connectivity index (χ2n) is 4.70. The first-order chi connectivity index (χ1) is 8.41. The van der Waals surface area contributed by atoms with Crippen molar-refractivity contribution >= 4 is 15.9 Å². The van der Waals surface area contributed by atoms with E-state index in [1.165, 1.54) is 11.3 Å². The van der Waals surface area contributed by atoms with Gasteiger partial charge in [0.25, 0.3) is 0 Å². The van der Waals surface area contributed by atoms with Crippen LogP contribution in [0.5, 0.6) is 0 Å². The van der Waals surface area contributed by atoms with Crippen LogP contribution in [0, 0.1) is 20.8 Å². The van der Waals surface area contributed by atoms with Crippen LogP contribution < -0.4 is 5.73 Å². The van der Waals surface area contributed by atoms with Crippen LogP contribution in [0.15, 0.2) is 22.7 Å². The molecule has 0 radical (unpaired) electrons. The first-order valence-corrected chi connectivity index (χ1v) is 6.79. The topological polar surface area (TPSA) is 43.8 Å². The largest absolute Gasteiger partial charge is 0.324 e. The number of nitrogens with zero attached hydrogens (tertiary/aromatic N) is 2. The van der Waals surface area contributed by atoms with E-state index < -0.39 is 0 Å². The molecule has 4 heteroatoms. The lowest BCUT2D eigenvalue weighted by molar-refractivity contribution is 0.803. The summed E-state index contributed by atoms with van der Waals surface area (Å²) in [7, 11) is 0. The highest BCUT2D eigenvalue weighted by Crippen LogP contribution is 2.26. The van der Waals surface area contributed by atoms with Gasteiger partial charge in [-0.05, 0) is 51.0 Å². The quantitative estimate of drug-likeness (QED) is 0.921. The number of aryl methyl sites for hydroxylation is 1. The van der Waals surface area contributed by atoms with Gasteiger partial charge in [0.15, 0.2) is 0 Å². The van der Waals surface area contributed by atoms with Crippen LogP contribution >= 0.6 is 15.9 Å². The lowest BCUT2D eigenvalue weighted by Gasteiger charge is -2.11. The summed E-state index contributed by atoms with van der Waals surface area (Å²) in [4.78, 5) is 0. The summed E-state index contributed by atoms with van der Waals surface area (Å²) in [6.07, 6.45) is 0. The lowest BCUT2D eigenvalue weighted by Crippen LogP contribution is -2.07. The van der Waals surface area contributed by atoms with Crippen molar-refractivity contribution in [2.45, 2.75) is 33.7 Å². The highest BCUT2D eigenvalue weighted by atomic mass is 79.9. The minimum Gasteiger partial charge on any atom is -0.324 e. The summed E-state index contributed by atoms with van der Waals surface area (Å²) in [5.74, 6) is 0. The number of nitrogens with two attached hydrogens (primary N) is 1. The van der Waals surface area contributed by atoms with E-state index in [1.54, 1.807) is 0 Å². The molecule has 3 nitrogen and oxygen atoms in total. The maximum atomic E-state index is 5.91. The molecular weight excluding hydrogens is 290 g/mol. The molecule has 0 unspecified atom stereocenters. The van der Waals surface area contributed by atoms with Gasteiger partial charge >= 0.3 is 0 Å². The third-order valence-electron chi connectivity index (χ3n) is 3.37. The van der Waals surface area contributed by atoms with Crippen molar-refractivity contribution in [3.63, 3.8) is 0 Å². The van der Waals surface area contributed by atoms with Gasteiger partial charge in [-0.1, -0.05) is 22.0 Å². The zero-order valence-electron chi connectivity index (χ0n) is 11.2. The molecule has 1 heterocycles. The summed E-state index contributed by atoms with van der Waals surface area (Å²) in [6.45, 7) is 8.19. The van der Waals surface area contributed by atoms with Crippen LogP contribution in [-0.4, -0.2) is 9.78 Å². The number of aromatic nitrogens is 2. The number of benzene rings is 1. The van der Waals surface area contributed by atoms with Gasteiger partial charge < -0.3 is 5.73 Å². The van der Waals surface area contributed by atoms with E-state index in [0.29, 0.717) is 0 Å². The molecule has 0 bridgehead atoms. The van der Waals surface area contributed by atoms with Crippen molar-refractivity contribution in [3.05, 3.63) is 45.2 Å². The van der Waals surface area contributed by atoms with E-state index >= 15 is 0 Å². The van der Waals surface area contributed by atoms with Gasteiger partial charge in [0.05, 0.1) is 11.4 Å². The number of halogens is 1. The van der Waals surface area contributed by atoms with E-state index in [-0.39, 0.29) is 6.04 Å². The Bertz CT molecular complexity index is 585. The zero-order chi connectivity index (χ0) is 13.4. The zero-order valence-corrected chi connectivity index (χ0v) is 12.7. The number of hydrogen-bond acceptors (Lipinski definition) is 2. The third kappa shape index (κ3) is 2.22. The monoisotopic (exact) mass is 307 g/mol. The number of rotatable bonds is 2. The summed E-state index contributed by atoms with van der Waals surface area (Å²) in [5.41, 5.74) is 11.6. The molecule has 0 aliphatic heterocycles. The molecule has 0 spiro atoms. The predicted octanol–water partition coefficient (Wildman–Crippen LogP) is 3.58. The Morgan fingerprint density at radius 3 is 2.39 bits per heavy atom. The van der Waals surface area contributed by atoms with Crippen molar-refractivity contribution in [1.29, 1.82) is 0 Å². The van der Waals surface area contributed by atoms with E-state index in [1.807, 2.05) is 18.5 Å². The molecular formula is C14H18BrN3. The van der Waals surface area contributed by atoms with Crippen LogP contribution in [0.1, 0.15) is 35.5 Å².